The summed E-state index contributed by atoms with van der Waals surface area (Å²) in [5.74, 6) is 2.07. The number of nitrogens with one attached hydrogen (secondary N) is 1. The van der Waals surface area contributed by atoms with Crippen molar-refractivity contribution < 1.29 is 12.8 Å². The molecule has 0 atom stereocenters. The van der Waals surface area contributed by atoms with Gasteiger partial charge in [-0.25, -0.2) is 13.1 Å². The zero-order chi connectivity index (χ0) is 19.3. The third-order valence-corrected chi connectivity index (χ3v) is 6.37. The van der Waals surface area contributed by atoms with Crippen molar-refractivity contribution in [3.05, 3.63) is 53.4 Å². The van der Waals surface area contributed by atoms with Gasteiger partial charge in [0.25, 0.3) is 0 Å². The molecule has 0 radical (unpaired) electrons. The number of aromatic nitrogens is 3. The highest BCUT2D eigenvalue weighted by molar-refractivity contribution is 7.99. The molecule has 0 aliphatic carbocycles. The Hall–Kier alpha value is -1.81. The zero-order valence-electron chi connectivity index (χ0n) is 14.6. The molecule has 1 N–H and O–H groups in total. The van der Waals surface area contributed by atoms with Gasteiger partial charge in [-0.3, -0.25) is 4.57 Å². The van der Waals surface area contributed by atoms with Gasteiger partial charge in [0.05, 0.1) is 18.6 Å². The zero-order valence-corrected chi connectivity index (χ0v) is 17.0. The number of sulfonamides is 1. The van der Waals surface area contributed by atoms with Crippen molar-refractivity contribution in [3.8, 4) is 11.4 Å². The third-order valence-electron chi connectivity index (χ3n) is 3.75. The van der Waals surface area contributed by atoms with Gasteiger partial charge < -0.3 is 4.42 Å². The Bertz CT molecular complexity index is 970. The van der Waals surface area contributed by atoms with Gasteiger partial charge in [-0.15, -0.1) is 10.2 Å². The maximum atomic E-state index is 11.5. The van der Waals surface area contributed by atoms with E-state index < -0.39 is 10.0 Å². The maximum absolute atomic E-state index is 11.5. The standard InChI is InChI=1S/C17H19ClN4O3S2/c1-2-27(23,24)19-9-11-26-17-21-20-16(13-5-7-14(18)8-6-13)22(17)12-15-4-3-10-25-15/h3-8,10,19H,2,9,11-12H2,1H3. The van der Waals surface area contributed by atoms with Crippen LogP contribution in [0.4, 0.5) is 0 Å². The van der Waals surface area contributed by atoms with Crippen molar-refractivity contribution in [1.29, 1.82) is 0 Å². The van der Waals surface area contributed by atoms with E-state index >= 15 is 0 Å². The minimum atomic E-state index is -3.20. The van der Waals surface area contributed by atoms with Crippen LogP contribution >= 0.6 is 23.4 Å². The predicted molar refractivity (Wildman–Crippen MR) is 106 cm³/mol. The van der Waals surface area contributed by atoms with Crippen molar-refractivity contribution in [2.24, 2.45) is 0 Å². The van der Waals surface area contributed by atoms with Crippen LogP contribution in [0.25, 0.3) is 11.4 Å². The van der Waals surface area contributed by atoms with Crippen LogP contribution in [0.1, 0.15) is 12.7 Å². The minimum Gasteiger partial charge on any atom is -0.467 e. The maximum Gasteiger partial charge on any atom is 0.211 e. The molecule has 1 aromatic carbocycles. The number of thioether (sulfide) groups is 1. The van der Waals surface area contributed by atoms with Crippen LogP contribution in [0, 0.1) is 0 Å². The molecule has 2 aromatic heterocycles. The van der Waals surface area contributed by atoms with Crippen molar-refractivity contribution in [2.75, 3.05) is 18.1 Å². The number of rotatable bonds is 9. The molecule has 0 saturated heterocycles. The van der Waals surface area contributed by atoms with E-state index in [1.54, 1.807) is 25.3 Å². The Balaban J connectivity index is 1.79. The summed E-state index contributed by atoms with van der Waals surface area (Å²) in [5, 5.41) is 9.92. The van der Waals surface area contributed by atoms with E-state index in [0.29, 0.717) is 34.8 Å². The number of nitrogens with zero attached hydrogens (tertiary/aromatic N) is 3. The highest BCUT2D eigenvalue weighted by Gasteiger charge is 2.16. The number of furan rings is 1. The molecule has 27 heavy (non-hydrogen) atoms. The Kier molecular flexibility index (Phi) is 6.59. The molecule has 0 spiro atoms. The van der Waals surface area contributed by atoms with E-state index in [1.165, 1.54) is 11.8 Å². The lowest BCUT2D eigenvalue weighted by Crippen LogP contribution is -2.27. The fourth-order valence-corrected chi connectivity index (χ4v) is 4.01. The molecule has 0 aliphatic rings. The second-order valence-electron chi connectivity index (χ2n) is 5.62. The van der Waals surface area contributed by atoms with Crippen LogP contribution in [-0.4, -0.2) is 41.2 Å². The summed E-state index contributed by atoms with van der Waals surface area (Å²) in [6, 6.07) is 11.1. The molecule has 0 aliphatic heterocycles. The Morgan fingerprint density at radius 3 is 2.67 bits per heavy atom. The molecule has 3 rings (SSSR count). The van der Waals surface area contributed by atoms with Gasteiger partial charge in [-0.2, -0.15) is 0 Å². The molecule has 0 fully saturated rings. The molecular weight excluding hydrogens is 408 g/mol. The highest BCUT2D eigenvalue weighted by Crippen LogP contribution is 2.26. The van der Waals surface area contributed by atoms with Crippen LogP contribution in [0.5, 0.6) is 0 Å². The summed E-state index contributed by atoms with van der Waals surface area (Å²) in [7, 11) is -3.20. The SMILES string of the molecule is CCS(=O)(=O)NCCSc1nnc(-c2ccc(Cl)cc2)n1Cc1ccco1. The van der Waals surface area contributed by atoms with E-state index in [0.717, 1.165) is 11.3 Å². The summed E-state index contributed by atoms with van der Waals surface area (Å²) in [5.41, 5.74) is 0.886. The van der Waals surface area contributed by atoms with Crippen molar-refractivity contribution in [2.45, 2.75) is 18.6 Å². The third kappa shape index (κ3) is 5.35. The fraction of sp³-hybridized carbons (Fsp3) is 0.294. The van der Waals surface area contributed by atoms with Crippen LogP contribution in [0.15, 0.2) is 52.2 Å². The Labute approximate surface area is 167 Å². The molecule has 0 saturated carbocycles. The first-order chi connectivity index (χ1) is 13.0. The lowest BCUT2D eigenvalue weighted by molar-refractivity contribution is 0.485. The summed E-state index contributed by atoms with van der Waals surface area (Å²) < 4.78 is 33.0. The normalized spacial score (nSPS) is 11.8. The van der Waals surface area contributed by atoms with Gasteiger partial charge >= 0.3 is 0 Å². The van der Waals surface area contributed by atoms with Gasteiger partial charge in [0.1, 0.15) is 5.76 Å². The summed E-state index contributed by atoms with van der Waals surface area (Å²) >= 11 is 7.41. The minimum absolute atomic E-state index is 0.0626. The molecular formula is C17H19ClN4O3S2. The Morgan fingerprint density at radius 2 is 2.00 bits per heavy atom. The van der Waals surface area contributed by atoms with Gasteiger partial charge in [0.15, 0.2) is 11.0 Å². The summed E-state index contributed by atoms with van der Waals surface area (Å²) in [6.07, 6.45) is 1.62. The number of benzene rings is 1. The van der Waals surface area contributed by atoms with Gasteiger partial charge in [0.2, 0.25) is 10.0 Å². The highest BCUT2D eigenvalue weighted by atomic mass is 35.5. The molecule has 0 bridgehead atoms. The largest absolute Gasteiger partial charge is 0.467 e. The first-order valence-corrected chi connectivity index (χ1v) is 11.3. The van der Waals surface area contributed by atoms with E-state index in [4.69, 9.17) is 16.0 Å². The van der Waals surface area contributed by atoms with Crippen molar-refractivity contribution in [1.82, 2.24) is 19.5 Å². The first kappa shape index (κ1) is 19.9. The van der Waals surface area contributed by atoms with Crippen LogP contribution in [0.2, 0.25) is 5.02 Å². The molecule has 144 valence electrons. The second-order valence-corrected chi connectivity index (χ2v) is 9.22. The number of hydrogen-bond donors (Lipinski definition) is 1. The lowest BCUT2D eigenvalue weighted by Gasteiger charge is -2.09. The predicted octanol–water partition coefficient (Wildman–Crippen LogP) is 3.27. The Morgan fingerprint density at radius 1 is 1.22 bits per heavy atom. The summed E-state index contributed by atoms with van der Waals surface area (Å²) in [4.78, 5) is 0. The molecule has 0 amide bonds. The van der Waals surface area contributed by atoms with Gasteiger partial charge in [-0.1, -0.05) is 23.4 Å². The van der Waals surface area contributed by atoms with Gasteiger partial charge in [0, 0.05) is 22.9 Å². The average molecular weight is 427 g/mol. The van der Waals surface area contributed by atoms with Crippen LogP contribution in [0.3, 0.4) is 0 Å². The lowest BCUT2D eigenvalue weighted by atomic mass is 10.2. The first-order valence-electron chi connectivity index (χ1n) is 8.30. The van der Waals surface area contributed by atoms with Gasteiger partial charge in [-0.05, 0) is 43.3 Å². The van der Waals surface area contributed by atoms with E-state index in [2.05, 4.69) is 14.9 Å². The molecule has 0 unspecified atom stereocenters. The topological polar surface area (TPSA) is 90.0 Å². The molecule has 3 aromatic rings. The molecule has 10 heteroatoms. The smallest absolute Gasteiger partial charge is 0.211 e. The quantitative estimate of drug-likeness (QED) is 0.417. The van der Waals surface area contributed by atoms with Crippen LogP contribution < -0.4 is 4.72 Å². The van der Waals surface area contributed by atoms with E-state index in [9.17, 15) is 8.42 Å². The molecule has 2 heterocycles. The van der Waals surface area contributed by atoms with E-state index in [1.807, 2.05) is 28.8 Å². The number of halogens is 1. The van der Waals surface area contributed by atoms with Crippen molar-refractivity contribution in [3.63, 3.8) is 0 Å². The molecule has 7 nitrogen and oxygen atoms in total. The fourth-order valence-electron chi connectivity index (χ4n) is 2.35. The van der Waals surface area contributed by atoms with E-state index in [-0.39, 0.29) is 5.75 Å². The monoisotopic (exact) mass is 426 g/mol. The average Bonchev–Trinajstić information content (AvgIpc) is 3.30. The summed E-state index contributed by atoms with van der Waals surface area (Å²) in [6.45, 7) is 2.40. The second kappa shape index (κ2) is 8.92. The van der Waals surface area contributed by atoms with Crippen molar-refractivity contribution >= 4 is 33.4 Å². The van der Waals surface area contributed by atoms with Crippen LogP contribution in [-0.2, 0) is 16.6 Å². The number of hydrogen-bond acceptors (Lipinski definition) is 6.